The Morgan fingerprint density at radius 1 is 0.423 bits per heavy atom. The molecule has 0 radical (unpaired) electrons. The average Bonchev–Trinajstić information content (AvgIpc) is 4.36. The molecule has 0 fully saturated rings. The summed E-state index contributed by atoms with van der Waals surface area (Å²) in [7, 11) is 0. The summed E-state index contributed by atoms with van der Waals surface area (Å²) in [5.74, 6) is 0.644. The van der Waals surface area contributed by atoms with Crippen LogP contribution >= 0.6 is 45.3 Å². The number of amides is 4. The third-order valence-corrected chi connectivity index (χ3v) is 23.2. The third-order valence-electron chi connectivity index (χ3n) is 17.2. The molecule has 4 amide bonds. The zero-order valence-electron chi connectivity index (χ0n) is 50.9. The third kappa shape index (κ3) is 12.4. The fourth-order valence-corrected chi connectivity index (χ4v) is 17.6. The van der Waals surface area contributed by atoms with Gasteiger partial charge in [0.15, 0.2) is 0 Å². The monoisotopic (exact) mass is 1130 g/mol. The zero-order chi connectivity index (χ0) is 57.0. The first kappa shape index (κ1) is 61.9. The Balaban J connectivity index is 0.00000436. The van der Waals surface area contributed by atoms with Gasteiger partial charge in [0.1, 0.15) is 0 Å². The molecule has 8 rings (SSSR count). The minimum absolute atomic E-state index is 0.0479. The first-order chi connectivity index (χ1) is 37.3. The fraction of sp³-hybridized carbons (Fsp3) is 0.618. The molecule has 2 aliphatic heterocycles. The molecule has 6 heterocycles. The minimum atomic E-state index is -0.447. The van der Waals surface area contributed by atoms with Crippen LogP contribution < -0.4 is 0 Å². The van der Waals surface area contributed by atoms with Crippen molar-refractivity contribution in [3.05, 3.63) is 67.4 Å². The van der Waals surface area contributed by atoms with Gasteiger partial charge in [0.05, 0.1) is 46.3 Å². The van der Waals surface area contributed by atoms with Gasteiger partial charge < -0.3 is 0 Å². The van der Waals surface area contributed by atoms with Crippen LogP contribution in [0.25, 0.3) is 50.5 Å². The van der Waals surface area contributed by atoms with Crippen molar-refractivity contribution in [2.75, 3.05) is 13.1 Å². The number of carbonyl (C=O) groups is 4. The topological polar surface area (TPSA) is 74.8 Å². The van der Waals surface area contributed by atoms with Crippen molar-refractivity contribution in [3.63, 3.8) is 0 Å². The van der Waals surface area contributed by atoms with E-state index < -0.39 is 5.41 Å². The number of nitrogens with zero attached hydrogens (tertiary/aromatic N) is 2. The molecule has 10 heteroatoms. The van der Waals surface area contributed by atoms with Gasteiger partial charge in [-0.05, 0) is 94.2 Å². The van der Waals surface area contributed by atoms with E-state index in [1.54, 1.807) is 11.3 Å². The van der Waals surface area contributed by atoms with Gasteiger partial charge >= 0.3 is 0 Å². The Bertz CT molecular complexity index is 3090. The summed E-state index contributed by atoms with van der Waals surface area (Å²) < 4.78 is 2.51. The molecule has 78 heavy (non-hydrogen) atoms. The Labute approximate surface area is 486 Å². The van der Waals surface area contributed by atoms with Gasteiger partial charge in [0.2, 0.25) is 0 Å². The van der Waals surface area contributed by atoms with Gasteiger partial charge in [-0.25, -0.2) is 0 Å². The minimum Gasteiger partial charge on any atom is -0.274 e. The van der Waals surface area contributed by atoms with Crippen molar-refractivity contribution >= 4 is 99.9 Å². The summed E-state index contributed by atoms with van der Waals surface area (Å²) in [5, 5.41) is 5.10. The van der Waals surface area contributed by atoms with Crippen LogP contribution in [0, 0.1) is 23.7 Å². The Hall–Kier alpha value is -3.70. The number of unbranched alkanes of at least 4 members (excludes halogenated alkanes) is 4. The number of hydrogen-bond acceptors (Lipinski definition) is 8. The van der Waals surface area contributed by atoms with Crippen molar-refractivity contribution in [2.45, 2.75) is 237 Å². The predicted molar refractivity (Wildman–Crippen MR) is 341 cm³/mol. The molecule has 0 saturated carbocycles. The lowest BCUT2D eigenvalue weighted by molar-refractivity contribution is 0.0608. The van der Waals surface area contributed by atoms with Gasteiger partial charge in [0.25, 0.3) is 23.6 Å². The maximum atomic E-state index is 15.4. The molecule has 6 nitrogen and oxygen atoms in total. The summed E-state index contributed by atoms with van der Waals surface area (Å²) >= 11 is 6.63. The standard InChI is InChI=1S/C66H90N2O4S4.C2H6/c1-15-23-27-39(19-5)31-43-33-45-46(34-44(43)32-40(20-6)28-24-16-2)48-36-50(65(9,10)11)74-56(48)55-47(45)35-49(73-55)57-51-52(62(70)67(61(51)69)37-41(21-7)29-25-17-3)58(75-57)59-53-54(60(76-59)66(12,13)14)64(72)68(63(53)71)38-42(22-8)30-26-18-4;1-2/h33-36,39-42H,15-32,37-38H2,1-14H3;1-2H3. The number of imide groups is 2. The van der Waals surface area contributed by atoms with Crippen molar-refractivity contribution < 1.29 is 19.2 Å². The summed E-state index contributed by atoms with van der Waals surface area (Å²) in [6, 6.07) is 9.97. The van der Waals surface area contributed by atoms with E-state index in [4.69, 9.17) is 0 Å². The Kier molecular flexibility index (Phi) is 21.0. The summed E-state index contributed by atoms with van der Waals surface area (Å²) in [6.07, 6.45) is 19.8. The molecule has 6 aromatic rings. The first-order valence-electron chi connectivity index (χ1n) is 30.8. The smallest absolute Gasteiger partial charge is 0.263 e. The number of hydrogen-bond donors (Lipinski definition) is 0. The average molecular weight is 1130 g/mol. The molecular formula is C68H96N2O4S4. The van der Waals surface area contributed by atoms with E-state index >= 15 is 14.4 Å². The second kappa shape index (κ2) is 26.5. The van der Waals surface area contributed by atoms with Gasteiger partial charge in [-0.1, -0.05) is 213 Å². The molecule has 4 aromatic heterocycles. The second-order valence-electron chi connectivity index (χ2n) is 24.9. The molecule has 2 aliphatic rings. The van der Waals surface area contributed by atoms with Crippen LogP contribution in [0.15, 0.2) is 24.3 Å². The maximum Gasteiger partial charge on any atom is 0.263 e. The van der Waals surface area contributed by atoms with Gasteiger partial charge in [-0.2, -0.15) is 0 Å². The van der Waals surface area contributed by atoms with Gasteiger partial charge in [0, 0.05) is 38.5 Å². The normalized spacial score (nSPS) is 15.5. The predicted octanol–water partition coefficient (Wildman–Crippen LogP) is 21.5. The van der Waals surface area contributed by atoms with E-state index in [1.165, 1.54) is 124 Å². The van der Waals surface area contributed by atoms with Crippen molar-refractivity contribution in [2.24, 2.45) is 23.7 Å². The molecule has 0 bridgehead atoms. The van der Waals surface area contributed by atoms with E-state index in [-0.39, 0.29) is 40.9 Å². The molecule has 2 aromatic carbocycles. The molecule has 0 spiro atoms. The summed E-state index contributed by atoms with van der Waals surface area (Å²) in [4.78, 5) is 68.9. The largest absolute Gasteiger partial charge is 0.274 e. The van der Waals surface area contributed by atoms with E-state index in [1.807, 2.05) is 25.2 Å². The van der Waals surface area contributed by atoms with Crippen LogP contribution in [0.3, 0.4) is 0 Å². The first-order valence-corrected chi connectivity index (χ1v) is 34.1. The maximum absolute atomic E-state index is 15.4. The number of thiophene rings is 4. The number of fused-ring (bicyclic) bond motifs is 8. The fourth-order valence-electron chi connectivity index (χ4n) is 12.1. The zero-order valence-corrected chi connectivity index (χ0v) is 54.2. The quantitative estimate of drug-likeness (QED) is 0.0507. The van der Waals surface area contributed by atoms with Crippen molar-refractivity contribution in [3.8, 4) is 19.5 Å². The molecule has 426 valence electrons. The summed E-state index contributed by atoms with van der Waals surface area (Å²) in [5.41, 5.74) is 4.27. The molecule has 4 atom stereocenters. The molecule has 0 aliphatic carbocycles. The van der Waals surface area contributed by atoms with Crippen LogP contribution in [-0.2, 0) is 23.7 Å². The number of rotatable bonds is 26. The van der Waals surface area contributed by atoms with Crippen LogP contribution in [0.2, 0.25) is 0 Å². The SMILES string of the molecule is CC.CCCCC(CC)Cc1cc2c(cc1CC(CC)CCCC)c1cc(C(C)(C)C)sc1c1sc(-c3sc(-c4sc(C(C)(C)C)c5c4C(=O)N(CC(CC)CCCC)C5=O)c4c3C(=O)N(CC(CC)CCCC)C4=O)cc21. The van der Waals surface area contributed by atoms with Crippen molar-refractivity contribution in [1.82, 2.24) is 9.80 Å². The second-order valence-corrected chi connectivity index (χ2v) is 29.1. The van der Waals surface area contributed by atoms with Crippen LogP contribution in [0.1, 0.15) is 276 Å². The van der Waals surface area contributed by atoms with E-state index in [2.05, 4.69) is 121 Å². The highest BCUT2D eigenvalue weighted by Gasteiger charge is 2.49. The van der Waals surface area contributed by atoms with Gasteiger partial charge in [-0.15, -0.1) is 45.3 Å². The van der Waals surface area contributed by atoms with E-state index in [0.717, 1.165) is 85.3 Å². The van der Waals surface area contributed by atoms with Crippen LogP contribution in [-0.4, -0.2) is 46.5 Å². The van der Waals surface area contributed by atoms with E-state index in [9.17, 15) is 4.79 Å². The number of benzene rings is 2. The molecule has 4 unspecified atom stereocenters. The highest BCUT2D eigenvalue weighted by atomic mass is 32.1. The van der Waals surface area contributed by atoms with Gasteiger partial charge in [-0.3, -0.25) is 29.0 Å². The van der Waals surface area contributed by atoms with Crippen molar-refractivity contribution in [1.29, 1.82) is 0 Å². The lowest BCUT2D eigenvalue weighted by Crippen LogP contribution is -2.35. The van der Waals surface area contributed by atoms with E-state index in [0.29, 0.717) is 56.9 Å². The lowest BCUT2D eigenvalue weighted by Gasteiger charge is -2.23. The highest BCUT2D eigenvalue weighted by molar-refractivity contribution is 7.32. The molecular weight excluding hydrogens is 1040 g/mol. The Morgan fingerprint density at radius 3 is 1.23 bits per heavy atom. The van der Waals surface area contributed by atoms with Crippen LogP contribution in [0.4, 0.5) is 0 Å². The highest BCUT2D eigenvalue weighted by Crippen LogP contribution is 2.56. The Morgan fingerprint density at radius 2 is 0.808 bits per heavy atom. The lowest BCUT2D eigenvalue weighted by atomic mass is 9.83. The molecule has 0 saturated heterocycles. The van der Waals surface area contributed by atoms with Crippen LogP contribution in [0.5, 0.6) is 0 Å². The summed E-state index contributed by atoms with van der Waals surface area (Å²) in [6.45, 7) is 36.1. The number of carbonyl (C=O) groups excluding carboxylic acids is 4. The molecule has 0 N–H and O–H groups in total.